The van der Waals surface area contributed by atoms with Crippen molar-refractivity contribution in [1.82, 2.24) is 9.88 Å². The van der Waals surface area contributed by atoms with Gasteiger partial charge in [-0.25, -0.2) is 4.79 Å². The molecule has 8 heteroatoms. The minimum Gasteiger partial charge on any atom is -0.497 e. The molecule has 2 aromatic rings. The van der Waals surface area contributed by atoms with E-state index in [-0.39, 0.29) is 11.9 Å². The SMILES string of the molecule is CCOC(=O)c1c(C)[nH]c(/C=C2\C(=O)Nc3ccc(OC)cc32)c1CCCN1CCOCC1. The zero-order valence-electron chi connectivity index (χ0n) is 19.5. The van der Waals surface area contributed by atoms with Gasteiger partial charge in [-0.2, -0.15) is 0 Å². The number of nitrogens with one attached hydrogen (secondary N) is 2. The number of aromatic amines is 1. The van der Waals surface area contributed by atoms with E-state index in [4.69, 9.17) is 14.2 Å². The van der Waals surface area contributed by atoms with Crippen LogP contribution in [0, 0.1) is 6.92 Å². The molecule has 2 N–H and O–H groups in total. The van der Waals surface area contributed by atoms with Gasteiger partial charge in [0.1, 0.15) is 5.75 Å². The number of amides is 1. The first kappa shape index (κ1) is 23.1. The van der Waals surface area contributed by atoms with Crippen LogP contribution >= 0.6 is 0 Å². The smallest absolute Gasteiger partial charge is 0.340 e. The van der Waals surface area contributed by atoms with Gasteiger partial charge in [0.05, 0.1) is 38.1 Å². The number of H-pyrrole nitrogens is 1. The third-order valence-electron chi connectivity index (χ3n) is 6.11. The second-order valence-electron chi connectivity index (χ2n) is 8.22. The minimum absolute atomic E-state index is 0.178. The number of methoxy groups -OCH3 is 1. The molecular formula is C25H31N3O5. The van der Waals surface area contributed by atoms with E-state index in [0.29, 0.717) is 29.9 Å². The highest BCUT2D eigenvalue weighted by molar-refractivity contribution is 6.35. The molecule has 176 valence electrons. The molecule has 1 saturated heterocycles. The van der Waals surface area contributed by atoms with Crippen LogP contribution in [0.5, 0.6) is 5.75 Å². The molecule has 1 amide bonds. The summed E-state index contributed by atoms with van der Waals surface area (Å²) in [6.45, 7) is 8.26. The van der Waals surface area contributed by atoms with Gasteiger partial charge in [0.25, 0.3) is 5.91 Å². The highest BCUT2D eigenvalue weighted by Crippen LogP contribution is 2.36. The summed E-state index contributed by atoms with van der Waals surface area (Å²) >= 11 is 0. The Balaban J connectivity index is 1.67. The maximum atomic E-state index is 12.8. The number of aromatic nitrogens is 1. The van der Waals surface area contributed by atoms with Crippen LogP contribution in [0.2, 0.25) is 0 Å². The lowest BCUT2D eigenvalue weighted by Gasteiger charge is -2.26. The Bertz CT molecular complexity index is 1070. The van der Waals surface area contributed by atoms with E-state index in [0.717, 1.165) is 67.5 Å². The van der Waals surface area contributed by atoms with Crippen molar-refractivity contribution in [3.05, 3.63) is 46.3 Å². The van der Waals surface area contributed by atoms with Crippen LogP contribution in [0.25, 0.3) is 11.6 Å². The lowest BCUT2D eigenvalue weighted by Crippen LogP contribution is -2.37. The molecule has 33 heavy (non-hydrogen) atoms. The number of aryl methyl sites for hydroxylation is 1. The van der Waals surface area contributed by atoms with E-state index in [1.54, 1.807) is 14.0 Å². The van der Waals surface area contributed by atoms with Crippen molar-refractivity contribution in [3.63, 3.8) is 0 Å². The highest BCUT2D eigenvalue weighted by Gasteiger charge is 2.27. The molecule has 1 fully saturated rings. The Hall–Kier alpha value is -3.10. The van der Waals surface area contributed by atoms with Crippen molar-refractivity contribution in [2.24, 2.45) is 0 Å². The molecule has 0 aliphatic carbocycles. The Kier molecular flexibility index (Phi) is 7.15. The van der Waals surface area contributed by atoms with Gasteiger partial charge < -0.3 is 24.5 Å². The van der Waals surface area contributed by atoms with Crippen molar-refractivity contribution in [3.8, 4) is 5.75 Å². The number of morpholine rings is 1. The first-order valence-electron chi connectivity index (χ1n) is 11.4. The number of hydrogen-bond acceptors (Lipinski definition) is 6. The van der Waals surface area contributed by atoms with Gasteiger partial charge >= 0.3 is 5.97 Å². The van der Waals surface area contributed by atoms with Crippen LogP contribution in [-0.2, 0) is 20.7 Å². The van der Waals surface area contributed by atoms with Crippen LogP contribution in [0.4, 0.5) is 5.69 Å². The Morgan fingerprint density at radius 3 is 2.79 bits per heavy atom. The number of nitrogens with zero attached hydrogens (tertiary/aromatic N) is 1. The molecule has 0 bridgehead atoms. The summed E-state index contributed by atoms with van der Waals surface area (Å²) in [6, 6.07) is 5.50. The fourth-order valence-electron chi connectivity index (χ4n) is 4.45. The minimum atomic E-state index is -0.338. The molecule has 0 unspecified atom stereocenters. The van der Waals surface area contributed by atoms with E-state index in [9.17, 15) is 9.59 Å². The summed E-state index contributed by atoms with van der Waals surface area (Å²) in [7, 11) is 1.60. The second kappa shape index (κ2) is 10.2. The topological polar surface area (TPSA) is 92.9 Å². The van der Waals surface area contributed by atoms with Crippen LogP contribution in [0.3, 0.4) is 0 Å². The van der Waals surface area contributed by atoms with Crippen molar-refractivity contribution >= 4 is 29.2 Å². The van der Waals surface area contributed by atoms with Gasteiger partial charge in [-0.05, 0) is 63.1 Å². The number of carbonyl (C=O) groups is 2. The molecule has 1 aromatic heterocycles. The zero-order valence-corrected chi connectivity index (χ0v) is 19.5. The number of ether oxygens (including phenoxy) is 3. The molecule has 1 aromatic carbocycles. The molecule has 8 nitrogen and oxygen atoms in total. The van der Waals surface area contributed by atoms with E-state index < -0.39 is 0 Å². The highest BCUT2D eigenvalue weighted by atomic mass is 16.5. The van der Waals surface area contributed by atoms with E-state index in [1.807, 2.05) is 31.2 Å². The fourth-order valence-corrected chi connectivity index (χ4v) is 4.45. The Labute approximate surface area is 193 Å². The third kappa shape index (κ3) is 4.96. The predicted molar refractivity (Wildman–Crippen MR) is 127 cm³/mol. The fraction of sp³-hybridized carbons (Fsp3) is 0.440. The normalized spacial score (nSPS) is 17.2. The number of carbonyl (C=O) groups excluding carboxylic acids is 2. The molecule has 0 atom stereocenters. The molecule has 0 spiro atoms. The number of anilines is 1. The van der Waals surface area contributed by atoms with Gasteiger partial charge in [0.2, 0.25) is 0 Å². The Morgan fingerprint density at radius 2 is 2.06 bits per heavy atom. The number of esters is 1. The van der Waals surface area contributed by atoms with Gasteiger partial charge in [-0.15, -0.1) is 0 Å². The summed E-state index contributed by atoms with van der Waals surface area (Å²) in [6.07, 6.45) is 3.42. The van der Waals surface area contributed by atoms with Crippen molar-refractivity contribution in [1.29, 1.82) is 0 Å². The maximum absolute atomic E-state index is 12.8. The number of benzene rings is 1. The maximum Gasteiger partial charge on any atom is 0.340 e. The van der Waals surface area contributed by atoms with Gasteiger partial charge in [0.15, 0.2) is 0 Å². The van der Waals surface area contributed by atoms with E-state index in [2.05, 4.69) is 15.2 Å². The average Bonchev–Trinajstić information content (AvgIpc) is 3.30. The number of fused-ring (bicyclic) bond motifs is 1. The van der Waals surface area contributed by atoms with Crippen molar-refractivity contribution in [2.75, 3.05) is 51.9 Å². The second-order valence-corrected chi connectivity index (χ2v) is 8.22. The van der Waals surface area contributed by atoms with Gasteiger partial charge in [-0.3, -0.25) is 9.69 Å². The average molecular weight is 454 g/mol. The zero-order chi connectivity index (χ0) is 23.4. The van der Waals surface area contributed by atoms with E-state index in [1.165, 1.54) is 0 Å². The van der Waals surface area contributed by atoms with Crippen molar-refractivity contribution in [2.45, 2.75) is 26.7 Å². The van der Waals surface area contributed by atoms with Crippen LogP contribution < -0.4 is 10.1 Å². The van der Waals surface area contributed by atoms with Crippen molar-refractivity contribution < 1.29 is 23.8 Å². The third-order valence-corrected chi connectivity index (χ3v) is 6.11. The van der Waals surface area contributed by atoms with Gasteiger partial charge in [0, 0.05) is 35.7 Å². The molecule has 3 heterocycles. The molecular weight excluding hydrogens is 422 g/mol. The molecule has 0 saturated carbocycles. The lowest BCUT2D eigenvalue weighted by molar-refractivity contribution is -0.110. The quantitative estimate of drug-likeness (QED) is 0.471. The number of rotatable bonds is 8. The summed E-state index contributed by atoms with van der Waals surface area (Å²) in [5.41, 5.74) is 5.02. The Morgan fingerprint density at radius 1 is 1.27 bits per heavy atom. The molecule has 2 aliphatic rings. The molecule has 4 rings (SSSR count). The standard InChI is InChI=1S/C25H31N3O5/c1-4-33-25(30)23-16(2)26-22(18(23)6-5-9-28-10-12-32-13-11-28)15-20-19-14-17(31-3)7-8-21(19)27-24(20)29/h7-8,14-15,26H,4-6,9-13H2,1-3H3,(H,27,29)/b20-15-. The van der Waals surface area contributed by atoms with Crippen LogP contribution in [-0.4, -0.2) is 68.3 Å². The number of hydrogen-bond donors (Lipinski definition) is 2. The summed E-state index contributed by atoms with van der Waals surface area (Å²) in [5.74, 6) is 0.162. The lowest BCUT2D eigenvalue weighted by atomic mass is 10.00. The summed E-state index contributed by atoms with van der Waals surface area (Å²) < 4.78 is 16.1. The van der Waals surface area contributed by atoms with Crippen LogP contribution in [0.15, 0.2) is 18.2 Å². The first-order valence-corrected chi connectivity index (χ1v) is 11.4. The monoisotopic (exact) mass is 453 g/mol. The molecule has 2 aliphatic heterocycles. The predicted octanol–water partition coefficient (Wildman–Crippen LogP) is 3.27. The van der Waals surface area contributed by atoms with E-state index >= 15 is 0 Å². The molecule has 0 radical (unpaired) electrons. The van der Waals surface area contributed by atoms with Gasteiger partial charge in [-0.1, -0.05) is 0 Å². The summed E-state index contributed by atoms with van der Waals surface area (Å²) in [5, 5.41) is 2.90. The first-order chi connectivity index (χ1) is 16.0. The summed E-state index contributed by atoms with van der Waals surface area (Å²) in [4.78, 5) is 31.2. The van der Waals surface area contributed by atoms with Crippen LogP contribution in [0.1, 0.15) is 46.2 Å². The largest absolute Gasteiger partial charge is 0.497 e.